The summed E-state index contributed by atoms with van der Waals surface area (Å²) >= 11 is 0. The van der Waals surface area contributed by atoms with Crippen molar-refractivity contribution in [1.29, 1.82) is 0 Å². The topological polar surface area (TPSA) is 29.1 Å². The third kappa shape index (κ3) is 6.00. The van der Waals surface area contributed by atoms with Crippen LogP contribution in [0.4, 0.5) is 0 Å². The lowest BCUT2D eigenvalue weighted by atomic mass is 9.75. The molecule has 1 aliphatic carbocycles. The van der Waals surface area contributed by atoms with Crippen molar-refractivity contribution in [3.63, 3.8) is 0 Å². The average molecular weight is 326 g/mol. The number of rotatable bonds is 6. The first-order chi connectivity index (χ1) is 10.0. The molecule has 0 saturated carbocycles. The normalized spacial score (nSPS) is 23.4. The summed E-state index contributed by atoms with van der Waals surface area (Å²) in [6.45, 7) is 14.9. The molecule has 22 heavy (non-hydrogen) atoms. The molecule has 0 heterocycles. The molecule has 0 aliphatic heterocycles. The standard InChI is InChI=1S/C19H35NOS/c1-15(2)9-8-14-19(7,20-22(21)18(4,5)6)17-12-10-16(3)11-13-17/h9-10,17,20H,8,11-14H2,1-7H3/t17-,19-,22+/m0/s1. The summed E-state index contributed by atoms with van der Waals surface area (Å²) in [6, 6.07) is 0. The predicted octanol–water partition coefficient (Wildman–Crippen LogP) is 5.29. The molecular formula is C19H35NOS. The number of hydrogen-bond acceptors (Lipinski definition) is 1. The summed E-state index contributed by atoms with van der Waals surface area (Å²) in [4.78, 5) is 0. The second kappa shape index (κ2) is 7.92. The fourth-order valence-electron chi connectivity index (χ4n) is 2.91. The van der Waals surface area contributed by atoms with Crippen LogP contribution >= 0.6 is 0 Å². The van der Waals surface area contributed by atoms with Crippen LogP contribution in [0.15, 0.2) is 23.3 Å². The van der Waals surface area contributed by atoms with Crippen molar-refractivity contribution in [3.05, 3.63) is 23.3 Å². The summed E-state index contributed by atoms with van der Waals surface area (Å²) in [5, 5.41) is 0. The van der Waals surface area contributed by atoms with E-state index in [-0.39, 0.29) is 10.3 Å². The zero-order valence-electron chi connectivity index (χ0n) is 15.6. The highest BCUT2D eigenvalue weighted by atomic mass is 32.2. The second-order valence-electron chi connectivity index (χ2n) is 8.24. The Hall–Kier alpha value is -0.410. The van der Waals surface area contributed by atoms with Gasteiger partial charge in [-0.25, -0.2) is 8.93 Å². The van der Waals surface area contributed by atoms with Gasteiger partial charge in [-0.05, 0) is 86.5 Å². The second-order valence-corrected chi connectivity index (χ2v) is 10.2. The van der Waals surface area contributed by atoms with Gasteiger partial charge in [0.05, 0.1) is 15.7 Å². The Kier molecular flexibility index (Phi) is 7.07. The molecule has 0 bridgehead atoms. The molecule has 0 amide bonds. The van der Waals surface area contributed by atoms with E-state index in [1.165, 1.54) is 24.0 Å². The first-order valence-corrected chi connectivity index (χ1v) is 9.68. The van der Waals surface area contributed by atoms with Crippen molar-refractivity contribution < 1.29 is 4.21 Å². The highest BCUT2D eigenvalue weighted by molar-refractivity contribution is 7.84. The lowest BCUT2D eigenvalue weighted by Gasteiger charge is -2.41. The molecule has 0 spiro atoms. The fourth-order valence-corrected chi connectivity index (χ4v) is 3.91. The first kappa shape index (κ1) is 19.6. The van der Waals surface area contributed by atoms with E-state index in [4.69, 9.17) is 0 Å². The van der Waals surface area contributed by atoms with Gasteiger partial charge < -0.3 is 0 Å². The van der Waals surface area contributed by atoms with Crippen molar-refractivity contribution in [1.82, 2.24) is 4.72 Å². The summed E-state index contributed by atoms with van der Waals surface area (Å²) in [5.74, 6) is 0.563. The van der Waals surface area contributed by atoms with Crippen LogP contribution in [0, 0.1) is 5.92 Å². The molecule has 2 nitrogen and oxygen atoms in total. The Balaban J connectivity index is 2.88. The highest BCUT2D eigenvalue weighted by Gasteiger charge is 2.37. The minimum absolute atomic E-state index is 0.0682. The fraction of sp³-hybridized carbons (Fsp3) is 0.789. The van der Waals surface area contributed by atoms with E-state index in [0.29, 0.717) is 5.92 Å². The molecule has 0 aromatic carbocycles. The molecule has 3 atom stereocenters. The smallest absolute Gasteiger partial charge is 0.0975 e. The van der Waals surface area contributed by atoms with Crippen LogP contribution in [-0.4, -0.2) is 14.5 Å². The zero-order chi connectivity index (χ0) is 17.0. The van der Waals surface area contributed by atoms with Crippen LogP contribution < -0.4 is 4.72 Å². The molecule has 1 rings (SSSR count). The van der Waals surface area contributed by atoms with Crippen LogP contribution in [0.5, 0.6) is 0 Å². The molecule has 0 radical (unpaired) electrons. The van der Waals surface area contributed by atoms with Crippen molar-refractivity contribution in [3.8, 4) is 0 Å². The Morgan fingerprint density at radius 2 is 2.00 bits per heavy atom. The van der Waals surface area contributed by atoms with Crippen LogP contribution in [0.1, 0.15) is 80.6 Å². The molecule has 0 unspecified atom stereocenters. The molecular weight excluding hydrogens is 290 g/mol. The van der Waals surface area contributed by atoms with Gasteiger partial charge in [-0.3, -0.25) is 0 Å². The molecule has 0 saturated heterocycles. The monoisotopic (exact) mass is 325 g/mol. The summed E-state index contributed by atoms with van der Waals surface area (Å²) in [5.41, 5.74) is 2.79. The molecule has 3 heteroatoms. The Morgan fingerprint density at radius 1 is 1.36 bits per heavy atom. The van der Waals surface area contributed by atoms with E-state index in [0.717, 1.165) is 19.3 Å². The lowest BCUT2D eigenvalue weighted by molar-refractivity contribution is 0.234. The van der Waals surface area contributed by atoms with E-state index < -0.39 is 11.0 Å². The van der Waals surface area contributed by atoms with E-state index in [9.17, 15) is 4.21 Å². The largest absolute Gasteiger partial charge is 0.242 e. The van der Waals surface area contributed by atoms with Crippen molar-refractivity contribution in [2.45, 2.75) is 90.9 Å². The van der Waals surface area contributed by atoms with Gasteiger partial charge in [-0.2, -0.15) is 0 Å². The highest BCUT2D eigenvalue weighted by Crippen LogP contribution is 2.36. The maximum Gasteiger partial charge on any atom is 0.0975 e. The molecule has 1 aliphatic rings. The van der Waals surface area contributed by atoms with Gasteiger partial charge >= 0.3 is 0 Å². The molecule has 1 N–H and O–H groups in total. The van der Waals surface area contributed by atoms with Crippen LogP contribution in [0.2, 0.25) is 0 Å². The molecule has 0 fully saturated rings. The van der Waals surface area contributed by atoms with Crippen LogP contribution in [-0.2, 0) is 11.0 Å². The van der Waals surface area contributed by atoms with Gasteiger partial charge in [0.1, 0.15) is 0 Å². The maximum atomic E-state index is 12.7. The van der Waals surface area contributed by atoms with Crippen LogP contribution in [0.3, 0.4) is 0 Å². The third-order valence-corrected chi connectivity index (χ3v) is 6.40. The van der Waals surface area contributed by atoms with Gasteiger partial charge in [-0.1, -0.05) is 23.3 Å². The zero-order valence-corrected chi connectivity index (χ0v) is 16.4. The summed E-state index contributed by atoms with van der Waals surface area (Å²) in [6.07, 6.45) is 10.2. The minimum atomic E-state index is -1.02. The number of allylic oxidation sites excluding steroid dienone is 4. The van der Waals surface area contributed by atoms with Gasteiger partial charge in [0.25, 0.3) is 0 Å². The van der Waals surface area contributed by atoms with Gasteiger partial charge in [0, 0.05) is 5.54 Å². The van der Waals surface area contributed by atoms with E-state index in [2.05, 4.69) is 44.6 Å². The Labute approximate surface area is 140 Å². The van der Waals surface area contributed by atoms with Crippen molar-refractivity contribution >= 4 is 11.0 Å². The Morgan fingerprint density at radius 3 is 2.45 bits per heavy atom. The molecule has 128 valence electrons. The quantitative estimate of drug-likeness (QED) is 0.661. The number of nitrogens with one attached hydrogen (secondary N) is 1. The maximum absolute atomic E-state index is 12.7. The van der Waals surface area contributed by atoms with Gasteiger partial charge in [0.2, 0.25) is 0 Å². The first-order valence-electron chi connectivity index (χ1n) is 8.53. The molecule has 0 aromatic heterocycles. The lowest BCUT2D eigenvalue weighted by Crippen LogP contribution is -2.53. The predicted molar refractivity (Wildman–Crippen MR) is 99.2 cm³/mol. The van der Waals surface area contributed by atoms with E-state index in [1.54, 1.807) is 0 Å². The van der Waals surface area contributed by atoms with Crippen molar-refractivity contribution in [2.24, 2.45) is 5.92 Å². The van der Waals surface area contributed by atoms with Gasteiger partial charge in [0.15, 0.2) is 0 Å². The van der Waals surface area contributed by atoms with E-state index >= 15 is 0 Å². The molecule has 0 aromatic rings. The van der Waals surface area contributed by atoms with Crippen molar-refractivity contribution in [2.75, 3.05) is 0 Å². The summed E-state index contributed by atoms with van der Waals surface area (Å²) < 4.78 is 15.9. The SMILES string of the molecule is CC(C)=CCC[C@](C)(N[S@](=O)C(C)(C)C)[C@H]1CC=C(C)CC1. The summed E-state index contributed by atoms with van der Waals surface area (Å²) in [7, 11) is -1.02. The number of hydrogen-bond donors (Lipinski definition) is 1. The minimum Gasteiger partial charge on any atom is -0.242 e. The van der Waals surface area contributed by atoms with Crippen LogP contribution in [0.25, 0.3) is 0 Å². The Bertz CT molecular complexity index is 455. The third-order valence-electron chi connectivity index (χ3n) is 4.64. The van der Waals surface area contributed by atoms with E-state index in [1.807, 2.05) is 20.8 Å². The average Bonchev–Trinajstić information content (AvgIpc) is 2.37. The van der Waals surface area contributed by atoms with Gasteiger partial charge in [-0.15, -0.1) is 0 Å².